The Labute approximate surface area is 103 Å². The van der Waals surface area contributed by atoms with Crippen LogP contribution in [-0.4, -0.2) is 35.8 Å². The van der Waals surface area contributed by atoms with Crippen molar-refractivity contribution in [3.05, 3.63) is 18.1 Å². The molecule has 0 aliphatic heterocycles. The van der Waals surface area contributed by atoms with Crippen LogP contribution in [0, 0.1) is 0 Å². The van der Waals surface area contributed by atoms with Gasteiger partial charge < -0.3 is 14.8 Å². The van der Waals surface area contributed by atoms with E-state index >= 15 is 0 Å². The summed E-state index contributed by atoms with van der Waals surface area (Å²) >= 11 is 0. The molecule has 1 aromatic heterocycles. The van der Waals surface area contributed by atoms with Crippen molar-refractivity contribution in [1.29, 1.82) is 0 Å². The third kappa shape index (κ3) is 6.19. The second-order valence-corrected chi connectivity index (χ2v) is 4.69. The van der Waals surface area contributed by atoms with Gasteiger partial charge in [-0.25, -0.2) is 4.98 Å². The number of aromatic nitrogens is 2. The first-order valence-corrected chi connectivity index (χ1v) is 5.73. The molecule has 5 heteroatoms. The van der Waals surface area contributed by atoms with Crippen LogP contribution in [0.3, 0.4) is 0 Å². The number of hydrogen-bond acceptors (Lipinski definition) is 5. The monoisotopic (exact) mass is 239 g/mol. The van der Waals surface area contributed by atoms with Gasteiger partial charge in [-0.05, 0) is 27.8 Å². The van der Waals surface area contributed by atoms with Crippen molar-refractivity contribution < 1.29 is 9.47 Å². The number of nitrogens with zero attached hydrogens (tertiary/aromatic N) is 2. The van der Waals surface area contributed by atoms with Crippen LogP contribution in [0.15, 0.2) is 12.4 Å². The van der Waals surface area contributed by atoms with Gasteiger partial charge in [0.25, 0.3) is 0 Å². The van der Waals surface area contributed by atoms with Crippen LogP contribution >= 0.6 is 0 Å². The highest BCUT2D eigenvalue weighted by atomic mass is 16.5. The molecular weight excluding hydrogens is 218 g/mol. The normalized spacial score (nSPS) is 11.5. The average molecular weight is 239 g/mol. The summed E-state index contributed by atoms with van der Waals surface area (Å²) in [7, 11) is 1.87. The molecular formula is C12H21N3O2. The zero-order chi connectivity index (χ0) is 12.7. The van der Waals surface area contributed by atoms with Crippen LogP contribution in [0.5, 0.6) is 5.88 Å². The molecule has 0 aliphatic carbocycles. The Bertz CT molecular complexity index is 320. The van der Waals surface area contributed by atoms with Gasteiger partial charge >= 0.3 is 0 Å². The molecule has 0 fully saturated rings. The molecule has 0 saturated heterocycles. The predicted molar refractivity (Wildman–Crippen MR) is 66.0 cm³/mol. The molecule has 0 radical (unpaired) electrons. The summed E-state index contributed by atoms with van der Waals surface area (Å²) in [6.45, 7) is 7.78. The number of hydrogen-bond donors (Lipinski definition) is 1. The molecule has 1 aromatic rings. The number of rotatable bonds is 6. The van der Waals surface area contributed by atoms with Gasteiger partial charge in [0.1, 0.15) is 6.61 Å². The fourth-order valence-corrected chi connectivity index (χ4v) is 1.18. The molecule has 0 unspecified atom stereocenters. The summed E-state index contributed by atoms with van der Waals surface area (Å²) in [4.78, 5) is 8.36. The molecule has 1 N–H and O–H groups in total. The van der Waals surface area contributed by atoms with Crippen molar-refractivity contribution in [1.82, 2.24) is 15.3 Å². The fourth-order valence-electron chi connectivity index (χ4n) is 1.18. The van der Waals surface area contributed by atoms with E-state index in [9.17, 15) is 0 Å². The van der Waals surface area contributed by atoms with Crippen molar-refractivity contribution in [2.45, 2.75) is 32.9 Å². The Hall–Kier alpha value is -1.20. The van der Waals surface area contributed by atoms with E-state index in [0.717, 1.165) is 5.69 Å². The van der Waals surface area contributed by atoms with Crippen molar-refractivity contribution in [2.24, 2.45) is 0 Å². The maximum absolute atomic E-state index is 5.53. The van der Waals surface area contributed by atoms with Crippen LogP contribution in [0.1, 0.15) is 26.5 Å². The third-order valence-corrected chi connectivity index (χ3v) is 1.91. The lowest BCUT2D eigenvalue weighted by atomic mass is 10.2. The SMILES string of the molecule is CNCc1cnc(OCCOC(C)(C)C)cn1. The van der Waals surface area contributed by atoms with Crippen molar-refractivity contribution >= 4 is 0 Å². The van der Waals surface area contributed by atoms with E-state index in [1.54, 1.807) is 12.4 Å². The lowest BCUT2D eigenvalue weighted by Gasteiger charge is -2.19. The van der Waals surface area contributed by atoms with Gasteiger partial charge in [0, 0.05) is 6.54 Å². The lowest BCUT2D eigenvalue weighted by molar-refractivity contribution is -0.0168. The largest absolute Gasteiger partial charge is 0.474 e. The van der Waals surface area contributed by atoms with Crippen LogP contribution in [0.2, 0.25) is 0 Å². The van der Waals surface area contributed by atoms with Crippen LogP contribution in [0.25, 0.3) is 0 Å². The van der Waals surface area contributed by atoms with Gasteiger partial charge in [-0.15, -0.1) is 0 Å². The molecule has 0 bridgehead atoms. The van der Waals surface area contributed by atoms with Crippen molar-refractivity contribution in [3.8, 4) is 5.88 Å². The molecule has 5 nitrogen and oxygen atoms in total. The maximum atomic E-state index is 5.53. The predicted octanol–water partition coefficient (Wildman–Crippen LogP) is 1.39. The first-order chi connectivity index (χ1) is 8.01. The van der Waals surface area contributed by atoms with Crippen molar-refractivity contribution in [3.63, 3.8) is 0 Å². The first kappa shape index (κ1) is 13.9. The van der Waals surface area contributed by atoms with E-state index in [0.29, 0.717) is 25.6 Å². The zero-order valence-corrected chi connectivity index (χ0v) is 11.0. The zero-order valence-electron chi connectivity index (χ0n) is 11.0. The van der Waals surface area contributed by atoms with Gasteiger partial charge in [-0.1, -0.05) is 0 Å². The van der Waals surface area contributed by atoms with Gasteiger partial charge in [-0.3, -0.25) is 4.98 Å². The Kier molecular flexibility index (Phi) is 5.31. The maximum Gasteiger partial charge on any atom is 0.232 e. The molecule has 1 heterocycles. The van der Waals surface area contributed by atoms with Crippen molar-refractivity contribution in [2.75, 3.05) is 20.3 Å². The van der Waals surface area contributed by atoms with E-state index in [2.05, 4.69) is 15.3 Å². The fraction of sp³-hybridized carbons (Fsp3) is 0.667. The quantitative estimate of drug-likeness (QED) is 0.760. The summed E-state index contributed by atoms with van der Waals surface area (Å²) in [5.74, 6) is 0.530. The van der Waals surface area contributed by atoms with Gasteiger partial charge in [0.2, 0.25) is 5.88 Å². The summed E-state index contributed by atoms with van der Waals surface area (Å²) in [6.07, 6.45) is 3.33. The highest BCUT2D eigenvalue weighted by Gasteiger charge is 2.09. The number of ether oxygens (including phenoxy) is 2. The van der Waals surface area contributed by atoms with Crippen LogP contribution in [0.4, 0.5) is 0 Å². The van der Waals surface area contributed by atoms with Crippen LogP contribution < -0.4 is 10.1 Å². The molecule has 0 aromatic carbocycles. The number of nitrogens with one attached hydrogen (secondary N) is 1. The highest BCUT2D eigenvalue weighted by Crippen LogP contribution is 2.07. The first-order valence-electron chi connectivity index (χ1n) is 5.73. The minimum atomic E-state index is -0.133. The summed E-state index contributed by atoms with van der Waals surface area (Å²) in [5, 5.41) is 3.01. The van der Waals surface area contributed by atoms with E-state index in [1.807, 2.05) is 27.8 Å². The lowest BCUT2D eigenvalue weighted by Crippen LogP contribution is -2.22. The minimum absolute atomic E-state index is 0.133. The van der Waals surface area contributed by atoms with E-state index < -0.39 is 0 Å². The van der Waals surface area contributed by atoms with E-state index in [1.165, 1.54) is 0 Å². The topological polar surface area (TPSA) is 56.3 Å². The molecule has 0 saturated carbocycles. The molecule has 17 heavy (non-hydrogen) atoms. The summed E-state index contributed by atoms with van der Waals surface area (Å²) in [5.41, 5.74) is 0.761. The third-order valence-electron chi connectivity index (χ3n) is 1.91. The van der Waals surface area contributed by atoms with Gasteiger partial charge in [0.15, 0.2) is 0 Å². The summed E-state index contributed by atoms with van der Waals surface area (Å²) in [6, 6.07) is 0. The van der Waals surface area contributed by atoms with E-state index in [-0.39, 0.29) is 5.60 Å². The molecule has 0 spiro atoms. The van der Waals surface area contributed by atoms with Gasteiger partial charge in [0.05, 0.1) is 30.3 Å². The smallest absolute Gasteiger partial charge is 0.232 e. The summed E-state index contributed by atoms with van der Waals surface area (Å²) < 4.78 is 10.9. The molecule has 0 amide bonds. The molecule has 0 aliphatic rings. The van der Waals surface area contributed by atoms with E-state index in [4.69, 9.17) is 9.47 Å². The van der Waals surface area contributed by atoms with Gasteiger partial charge in [-0.2, -0.15) is 0 Å². The second-order valence-electron chi connectivity index (χ2n) is 4.69. The Balaban J connectivity index is 2.27. The second kappa shape index (κ2) is 6.51. The van der Waals surface area contributed by atoms with Crippen LogP contribution in [-0.2, 0) is 11.3 Å². The molecule has 0 atom stereocenters. The Morgan fingerprint density at radius 2 is 1.94 bits per heavy atom. The Morgan fingerprint density at radius 3 is 2.47 bits per heavy atom. The average Bonchev–Trinajstić information content (AvgIpc) is 2.26. The Morgan fingerprint density at radius 1 is 1.18 bits per heavy atom. The molecule has 96 valence electrons. The standard InChI is InChI=1S/C12H21N3O2/c1-12(2,3)17-6-5-16-11-9-14-10(7-13-4)8-15-11/h8-9,13H,5-7H2,1-4H3. The minimum Gasteiger partial charge on any atom is -0.474 e. The molecule has 1 rings (SSSR count). The highest BCUT2D eigenvalue weighted by molar-refractivity contribution is 5.06.